The van der Waals surface area contributed by atoms with E-state index in [0.717, 1.165) is 6.07 Å². The van der Waals surface area contributed by atoms with Crippen LogP contribution in [0.3, 0.4) is 0 Å². The lowest BCUT2D eigenvalue weighted by Crippen LogP contribution is -2.43. The molecule has 6 rings (SSSR count). The Morgan fingerprint density at radius 2 is 2.14 bits per heavy atom. The minimum Gasteiger partial charge on any atom is -0.462 e. The van der Waals surface area contributed by atoms with Gasteiger partial charge >= 0.3 is 5.97 Å². The SMILES string of the molecule is CCOC(=O)C1=C2C[C@H](NS(=O)(=O)C3CC3)CN2C(c2nccs2)=NC12C=Cc1c2ccc(F)c1F. The highest BCUT2D eigenvalue weighted by atomic mass is 32.2. The van der Waals surface area contributed by atoms with E-state index in [9.17, 15) is 22.0 Å². The number of sulfonamides is 1. The Morgan fingerprint density at radius 1 is 1.33 bits per heavy atom. The largest absolute Gasteiger partial charge is 0.462 e. The number of thiazole rings is 1. The first-order chi connectivity index (χ1) is 17.2. The quantitative estimate of drug-likeness (QED) is 0.574. The van der Waals surface area contributed by atoms with Crippen LogP contribution in [0.5, 0.6) is 0 Å². The van der Waals surface area contributed by atoms with Crippen LogP contribution in [0.4, 0.5) is 8.78 Å². The van der Waals surface area contributed by atoms with E-state index in [1.165, 1.54) is 23.5 Å². The molecule has 1 unspecified atom stereocenters. The number of aliphatic imine (C=N–C) groups is 1. The van der Waals surface area contributed by atoms with Crippen LogP contribution in [0.2, 0.25) is 0 Å². The summed E-state index contributed by atoms with van der Waals surface area (Å²) in [5.41, 5.74) is -0.448. The summed E-state index contributed by atoms with van der Waals surface area (Å²) >= 11 is 1.34. The molecule has 1 spiro atoms. The summed E-state index contributed by atoms with van der Waals surface area (Å²) in [6.45, 7) is 2.02. The van der Waals surface area contributed by atoms with Crippen molar-refractivity contribution in [2.75, 3.05) is 13.2 Å². The average molecular weight is 533 g/mol. The molecule has 0 bridgehead atoms. The molecule has 1 aromatic carbocycles. The number of nitrogens with one attached hydrogen (secondary N) is 1. The lowest BCUT2D eigenvalue weighted by atomic mass is 9.81. The molecular weight excluding hydrogens is 510 g/mol. The molecule has 1 saturated carbocycles. The predicted molar refractivity (Wildman–Crippen MR) is 130 cm³/mol. The molecule has 3 heterocycles. The summed E-state index contributed by atoms with van der Waals surface area (Å²) in [6, 6.07) is 1.93. The van der Waals surface area contributed by atoms with Crippen molar-refractivity contribution in [2.45, 2.75) is 43.0 Å². The smallest absolute Gasteiger partial charge is 0.338 e. The van der Waals surface area contributed by atoms with E-state index >= 15 is 0 Å². The number of esters is 1. The van der Waals surface area contributed by atoms with Gasteiger partial charge in [0.2, 0.25) is 10.0 Å². The van der Waals surface area contributed by atoms with Crippen LogP contribution in [-0.4, -0.2) is 54.6 Å². The third kappa shape index (κ3) is 3.53. The van der Waals surface area contributed by atoms with E-state index in [0.29, 0.717) is 34.9 Å². The van der Waals surface area contributed by atoms with Crippen molar-refractivity contribution < 1.29 is 26.7 Å². The number of carbonyl (C=O) groups is 1. The van der Waals surface area contributed by atoms with Gasteiger partial charge in [-0.3, -0.25) is 0 Å². The molecule has 0 amide bonds. The number of rotatable bonds is 6. The van der Waals surface area contributed by atoms with Gasteiger partial charge in [0, 0.05) is 41.8 Å². The number of hydrogen-bond acceptors (Lipinski definition) is 8. The predicted octanol–water partition coefficient (Wildman–Crippen LogP) is 3.08. The molecule has 36 heavy (non-hydrogen) atoms. The van der Waals surface area contributed by atoms with E-state index in [1.54, 1.807) is 29.5 Å². The van der Waals surface area contributed by atoms with Gasteiger partial charge in [-0.05, 0) is 37.5 Å². The molecule has 0 radical (unpaired) electrons. The maximum Gasteiger partial charge on any atom is 0.338 e. The van der Waals surface area contributed by atoms with Crippen LogP contribution >= 0.6 is 11.3 Å². The second-order valence-corrected chi connectivity index (χ2v) is 12.0. The fourth-order valence-electron chi connectivity index (χ4n) is 5.12. The van der Waals surface area contributed by atoms with Crippen LogP contribution in [0.1, 0.15) is 42.3 Å². The first-order valence-corrected chi connectivity index (χ1v) is 14.0. The van der Waals surface area contributed by atoms with Crippen molar-refractivity contribution >= 4 is 39.2 Å². The number of hydrogen-bond donors (Lipinski definition) is 1. The molecular formula is C24H22F2N4O4S2. The van der Waals surface area contributed by atoms with Gasteiger partial charge in [-0.1, -0.05) is 12.1 Å². The standard InChI is InChI=1S/C24H22F2N4O4S2/c1-2-34-23(31)19-18-11-13(29-36(32,33)14-3-4-14)12-30(18)21(22-27-9-10-35-22)28-24(19)8-7-15-16(24)5-6-17(25)20(15)26/h5-10,13-14,29H,2-4,11-12H2,1H3/t13-,24?/m0/s1. The van der Waals surface area contributed by atoms with Gasteiger partial charge in [0.05, 0.1) is 17.4 Å². The second kappa shape index (κ2) is 8.29. The Bertz CT molecular complexity index is 1460. The van der Waals surface area contributed by atoms with Crippen molar-refractivity contribution in [3.05, 3.63) is 68.8 Å². The summed E-state index contributed by atoms with van der Waals surface area (Å²) in [5, 5.41) is 1.95. The molecule has 2 aliphatic heterocycles. The molecule has 2 aliphatic carbocycles. The zero-order valence-corrected chi connectivity index (χ0v) is 20.8. The van der Waals surface area contributed by atoms with E-state index in [1.807, 2.05) is 0 Å². The van der Waals surface area contributed by atoms with Gasteiger partial charge in [-0.25, -0.2) is 36.7 Å². The molecule has 2 atom stereocenters. The summed E-state index contributed by atoms with van der Waals surface area (Å²) in [6.07, 6.45) is 6.08. The number of nitrogens with zero attached hydrogens (tertiary/aromatic N) is 3. The van der Waals surface area contributed by atoms with E-state index in [2.05, 4.69) is 9.71 Å². The highest BCUT2D eigenvalue weighted by Crippen LogP contribution is 2.50. The van der Waals surface area contributed by atoms with E-state index < -0.39 is 44.5 Å². The maximum absolute atomic E-state index is 14.8. The fraction of sp³-hybridized carbons (Fsp3) is 0.375. The summed E-state index contributed by atoms with van der Waals surface area (Å²) in [5.74, 6) is -2.24. The lowest BCUT2D eigenvalue weighted by Gasteiger charge is -2.37. The molecule has 1 aromatic heterocycles. The third-order valence-corrected chi connectivity index (χ3v) is 9.59. The van der Waals surface area contributed by atoms with Crippen LogP contribution in [0.15, 0.2) is 46.0 Å². The van der Waals surface area contributed by atoms with E-state index in [4.69, 9.17) is 9.73 Å². The molecule has 12 heteroatoms. The van der Waals surface area contributed by atoms with Crippen LogP contribution in [0, 0.1) is 11.6 Å². The molecule has 4 aliphatic rings. The van der Waals surface area contributed by atoms with Gasteiger partial charge in [0.15, 0.2) is 22.5 Å². The van der Waals surface area contributed by atoms with Gasteiger partial charge in [-0.2, -0.15) is 0 Å². The fourth-order valence-corrected chi connectivity index (χ4v) is 7.33. The Labute approximate surface area is 210 Å². The van der Waals surface area contributed by atoms with Gasteiger partial charge in [-0.15, -0.1) is 11.3 Å². The highest BCUT2D eigenvalue weighted by molar-refractivity contribution is 7.90. The number of ether oxygens (including phenoxy) is 1. The molecule has 188 valence electrons. The number of carbonyl (C=O) groups excluding carboxylic acids is 1. The molecule has 2 fully saturated rings. The number of fused-ring (bicyclic) bond motifs is 3. The lowest BCUT2D eigenvalue weighted by molar-refractivity contribution is -0.139. The number of aromatic nitrogens is 1. The van der Waals surface area contributed by atoms with Gasteiger partial charge < -0.3 is 9.64 Å². The summed E-state index contributed by atoms with van der Waals surface area (Å²) in [7, 11) is -3.49. The number of halogens is 2. The zero-order valence-electron chi connectivity index (χ0n) is 19.2. The van der Waals surface area contributed by atoms with Crippen molar-refractivity contribution in [1.82, 2.24) is 14.6 Å². The first kappa shape index (κ1) is 23.4. The Morgan fingerprint density at radius 3 is 2.83 bits per heavy atom. The second-order valence-electron chi connectivity index (χ2n) is 9.11. The molecule has 1 saturated heterocycles. The Balaban J connectivity index is 1.55. The monoisotopic (exact) mass is 532 g/mol. The summed E-state index contributed by atoms with van der Waals surface area (Å²) in [4.78, 5) is 24.6. The number of amidine groups is 1. The first-order valence-electron chi connectivity index (χ1n) is 11.6. The van der Waals surface area contributed by atoms with Crippen molar-refractivity contribution in [2.24, 2.45) is 4.99 Å². The molecule has 2 aromatic rings. The van der Waals surface area contributed by atoms with Crippen molar-refractivity contribution in [3.63, 3.8) is 0 Å². The molecule has 1 N–H and O–H groups in total. The van der Waals surface area contributed by atoms with Crippen LogP contribution in [0.25, 0.3) is 6.08 Å². The average Bonchev–Trinajstić information content (AvgIpc) is 3.26. The minimum absolute atomic E-state index is 0.0112. The Kier molecular flexibility index (Phi) is 5.39. The van der Waals surface area contributed by atoms with Gasteiger partial charge in [0.1, 0.15) is 5.54 Å². The maximum atomic E-state index is 14.8. The molecule has 8 nitrogen and oxygen atoms in total. The Hall–Kier alpha value is -2.96. The van der Waals surface area contributed by atoms with Crippen molar-refractivity contribution in [1.29, 1.82) is 0 Å². The van der Waals surface area contributed by atoms with Crippen LogP contribution < -0.4 is 4.72 Å². The normalized spacial score (nSPS) is 24.8. The zero-order chi connectivity index (χ0) is 25.2. The van der Waals surface area contributed by atoms with Crippen molar-refractivity contribution in [3.8, 4) is 0 Å². The highest BCUT2D eigenvalue weighted by Gasteiger charge is 2.52. The van der Waals surface area contributed by atoms with Crippen LogP contribution in [-0.2, 0) is 25.1 Å². The minimum atomic E-state index is -3.49. The third-order valence-electron chi connectivity index (χ3n) is 6.81. The van der Waals surface area contributed by atoms with E-state index in [-0.39, 0.29) is 30.7 Å². The summed E-state index contributed by atoms with van der Waals surface area (Å²) < 4.78 is 62.4. The van der Waals surface area contributed by atoms with Gasteiger partial charge in [0.25, 0.3) is 0 Å². The topological polar surface area (TPSA) is 101 Å². The number of benzene rings is 1.